The van der Waals surface area contributed by atoms with Crippen molar-refractivity contribution in [3.63, 3.8) is 0 Å². The second kappa shape index (κ2) is 10.6. The van der Waals surface area contributed by atoms with Gasteiger partial charge in [0.1, 0.15) is 6.07 Å². The van der Waals surface area contributed by atoms with Gasteiger partial charge in [0.2, 0.25) is 11.6 Å². The van der Waals surface area contributed by atoms with Crippen molar-refractivity contribution in [2.75, 3.05) is 40.5 Å². The number of nitrogens with zero attached hydrogens (tertiary/aromatic N) is 2. The van der Waals surface area contributed by atoms with Crippen LogP contribution in [0.1, 0.15) is 23.1 Å². The van der Waals surface area contributed by atoms with E-state index in [-0.39, 0.29) is 23.6 Å². The van der Waals surface area contributed by atoms with Gasteiger partial charge in [0.15, 0.2) is 17.7 Å². The summed E-state index contributed by atoms with van der Waals surface area (Å²) >= 11 is 0. The van der Waals surface area contributed by atoms with Gasteiger partial charge in [-0.2, -0.15) is 5.26 Å². The lowest BCUT2D eigenvalue weighted by Crippen LogP contribution is -2.42. The monoisotopic (exact) mass is 507 g/mol. The molecule has 0 bridgehead atoms. The number of carbonyl (C=O) groups is 1. The molecule has 11 nitrogen and oxygen atoms in total. The Morgan fingerprint density at radius 2 is 1.76 bits per heavy atom. The van der Waals surface area contributed by atoms with Gasteiger partial charge in [-0.1, -0.05) is 30.3 Å². The van der Waals surface area contributed by atoms with E-state index in [1.807, 2.05) is 30.3 Å². The molecule has 0 spiro atoms. The van der Waals surface area contributed by atoms with Crippen molar-refractivity contribution in [3.05, 3.63) is 65.0 Å². The third kappa shape index (κ3) is 4.62. The Morgan fingerprint density at radius 1 is 1.08 bits per heavy atom. The molecule has 11 heteroatoms. The smallest absolute Gasteiger partial charge is 0.415 e. The molecule has 4 unspecified atom stereocenters. The molecule has 4 atom stereocenters. The van der Waals surface area contributed by atoms with E-state index in [2.05, 4.69) is 16.9 Å². The minimum absolute atomic E-state index is 0.0533. The Labute approximate surface area is 214 Å². The lowest BCUT2D eigenvalue weighted by molar-refractivity contribution is 0.0340. The van der Waals surface area contributed by atoms with Gasteiger partial charge in [-0.05, 0) is 23.3 Å². The highest BCUT2D eigenvalue weighted by Gasteiger charge is 2.49. The number of rotatable bonds is 5. The average Bonchev–Trinajstić information content (AvgIpc) is 3.36. The summed E-state index contributed by atoms with van der Waals surface area (Å²) in [7, 11) is 2.97. The predicted octanol–water partition coefficient (Wildman–Crippen LogP) is 2.13. The number of hydrogen-bond acceptors (Lipinski definition) is 10. The highest BCUT2D eigenvalue weighted by Crippen LogP contribution is 2.50. The SMILES string of the molecule is COc1cc(C2C(C#N)=C(N)OC3NNC(c4ccccc4)C32)cc(OC)c1OC(=O)N1CCOCC1. The van der Waals surface area contributed by atoms with Crippen molar-refractivity contribution < 1.29 is 28.5 Å². The molecule has 5 rings (SSSR count). The van der Waals surface area contributed by atoms with Crippen LogP contribution in [-0.4, -0.2) is 57.7 Å². The quantitative estimate of drug-likeness (QED) is 0.551. The fourth-order valence-corrected chi connectivity index (χ4v) is 5.12. The molecule has 0 aromatic heterocycles. The molecule has 0 saturated carbocycles. The van der Waals surface area contributed by atoms with E-state index in [4.69, 9.17) is 29.4 Å². The maximum Gasteiger partial charge on any atom is 0.415 e. The molecule has 4 N–H and O–H groups in total. The number of allylic oxidation sites excluding steroid dienone is 1. The molecule has 2 aromatic rings. The molecule has 1 amide bonds. The van der Waals surface area contributed by atoms with Crippen LogP contribution < -0.4 is 30.8 Å². The number of hydrazine groups is 1. The normalized spacial score (nSPS) is 25.1. The molecule has 3 aliphatic rings. The maximum absolute atomic E-state index is 12.8. The number of nitrogens with one attached hydrogen (secondary N) is 2. The lowest BCUT2D eigenvalue weighted by atomic mass is 9.74. The van der Waals surface area contributed by atoms with Gasteiger partial charge in [0.25, 0.3) is 0 Å². The van der Waals surface area contributed by atoms with E-state index in [1.165, 1.54) is 14.2 Å². The van der Waals surface area contributed by atoms with Crippen molar-refractivity contribution in [1.29, 1.82) is 5.26 Å². The first-order valence-electron chi connectivity index (χ1n) is 12.0. The largest absolute Gasteiger partial charge is 0.493 e. The lowest BCUT2D eigenvalue weighted by Gasteiger charge is -2.36. The van der Waals surface area contributed by atoms with Gasteiger partial charge < -0.3 is 34.3 Å². The summed E-state index contributed by atoms with van der Waals surface area (Å²) in [6.07, 6.45) is -1.00. The number of carbonyl (C=O) groups excluding carboxylic acids is 1. The van der Waals surface area contributed by atoms with E-state index in [9.17, 15) is 10.1 Å². The topological polar surface area (TPSA) is 140 Å². The summed E-state index contributed by atoms with van der Waals surface area (Å²) in [6, 6.07) is 15.5. The zero-order chi connectivity index (χ0) is 25.9. The molecular weight excluding hydrogens is 478 g/mol. The number of amides is 1. The van der Waals surface area contributed by atoms with Crippen LogP contribution in [0.25, 0.3) is 0 Å². The third-order valence-electron chi connectivity index (χ3n) is 6.91. The van der Waals surface area contributed by atoms with Crippen LogP contribution in [0.15, 0.2) is 53.9 Å². The Hall–Kier alpha value is -3.98. The first-order chi connectivity index (χ1) is 18.0. The number of fused-ring (bicyclic) bond motifs is 1. The molecular formula is C26H29N5O6. The fraction of sp³-hybridized carbons (Fsp3) is 0.385. The zero-order valence-electron chi connectivity index (χ0n) is 20.6. The number of nitrogens with two attached hydrogens (primary N) is 1. The molecule has 0 radical (unpaired) electrons. The summed E-state index contributed by atoms with van der Waals surface area (Å²) in [6.45, 7) is 1.76. The van der Waals surface area contributed by atoms with Gasteiger partial charge in [0, 0.05) is 24.9 Å². The Morgan fingerprint density at radius 3 is 2.38 bits per heavy atom. The van der Waals surface area contributed by atoms with Crippen molar-refractivity contribution in [2.45, 2.75) is 18.2 Å². The molecule has 3 aliphatic heterocycles. The number of ether oxygens (including phenoxy) is 5. The fourth-order valence-electron chi connectivity index (χ4n) is 5.12. The molecule has 2 fully saturated rings. The summed E-state index contributed by atoms with van der Waals surface area (Å²) in [5.41, 5.74) is 14.7. The zero-order valence-corrected chi connectivity index (χ0v) is 20.6. The molecule has 2 saturated heterocycles. The van der Waals surface area contributed by atoms with Crippen LogP contribution in [0.3, 0.4) is 0 Å². The molecule has 0 aliphatic carbocycles. The number of nitriles is 1. The predicted molar refractivity (Wildman–Crippen MR) is 131 cm³/mol. The van der Waals surface area contributed by atoms with Crippen molar-refractivity contribution in [2.24, 2.45) is 11.7 Å². The van der Waals surface area contributed by atoms with Crippen LogP contribution in [0.4, 0.5) is 4.79 Å². The molecule has 3 heterocycles. The van der Waals surface area contributed by atoms with Crippen molar-refractivity contribution >= 4 is 6.09 Å². The second-order valence-electron chi connectivity index (χ2n) is 8.88. The van der Waals surface area contributed by atoms with E-state index in [1.54, 1.807) is 17.0 Å². The van der Waals surface area contributed by atoms with Gasteiger partial charge in [-0.15, -0.1) is 0 Å². The van der Waals surface area contributed by atoms with Crippen molar-refractivity contribution in [1.82, 2.24) is 15.8 Å². The Balaban J connectivity index is 1.56. The van der Waals surface area contributed by atoms with E-state index >= 15 is 0 Å². The average molecular weight is 508 g/mol. The minimum Gasteiger partial charge on any atom is -0.493 e. The number of morpholine rings is 1. The highest BCUT2D eigenvalue weighted by molar-refractivity contribution is 5.74. The highest BCUT2D eigenvalue weighted by atomic mass is 16.6. The third-order valence-corrected chi connectivity index (χ3v) is 6.91. The first kappa shape index (κ1) is 24.7. The van der Waals surface area contributed by atoms with Gasteiger partial charge in [-0.25, -0.2) is 15.6 Å². The van der Waals surface area contributed by atoms with Gasteiger partial charge >= 0.3 is 6.09 Å². The number of hydrogen-bond donors (Lipinski definition) is 3. The number of methoxy groups -OCH3 is 2. The van der Waals surface area contributed by atoms with E-state index in [0.717, 1.165) is 5.56 Å². The van der Waals surface area contributed by atoms with Crippen LogP contribution in [0, 0.1) is 17.2 Å². The standard InChI is InChI=1S/C26H29N5O6/c1-33-18-12-16(13-19(34-2)23(18)36-26(32)31-8-10-35-11-9-31)20-17(14-27)24(28)37-25-21(20)22(29-30-25)15-6-4-3-5-7-15/h3-7,12-13,20-22,25,29-30H,8-11,28H2,1-2H3. The van der Waals surface area contributed by atoms with Gasteiger partial charge in [-0.3, -0.25) is 0 Å². The second-order valence-corrected chi connectivity index (χ2v) is 8.88. The Kier molecular flexibility index (Phi) is 7.05. The minimum atomic E-state index is -0.519. The van der Waals surface area contributed by atoms with Crippen molar-refractivity contribution in [3.8, 4) is 23.3 Å². The number of benzene rings is 2. The van der Waals surface area contributed by atoms with Crippen LogP contribution in [0.2, 0.25) is 0 Å². The van der Waals surface area contributed by atoms with Crippen LogP contribution >= 0.6 is 0 Å². The summed E-state index contributed by atoms with van der Waals surface area (Å²) in [5.74, 6) is 0.1000. The maximum atomic E-state index is 12.8. The molecule has 2 aromatic carbocycles. The van der Waals surface area contributed by atoms with Gasteiger partial charge in [0.05, 0.1) is 39.0 Å². The van der Waals surface area contributed by atoms with E-state index < -0.39 is 18.2 Å². The molecule has 37 heavy (non-hydrogen) atoms. The Bertz CT molecular complexity index is 1200. The van der Waals surface area contributed by atoms with Crippen LogP contribution in [0.5, 0.6) is 17.2 Å². The summed E-state index contributed by atoms with van der Waals surface area (Å²) in [5, 5.41) is 10.1. The first-order valence-corrected chi connectivity index (χ1v) is 12.0. The van der Waals surface area contributed by atoms with E-state index in [0.29, 0.717) is 48.9 Å². The molecule has 194 valence electrons. The summed E-state index contributed by atoms with van der Waals surface area (Å²) in [4.78, 5) is 14.4. The van der Waals surface area contributed by atoms with Crippen LogP contribution in [-0.2, 0) is 9.47 Å². The summed E-state index contributed by atoms with van der Waals surface area (Å²) < 4.78 is 28.2.